The SMILES string of the molecule is CC(C)NCc1cc(S(=O)(=O)NCC(C)C(C)C)c[nH]1. The molecule has 1 rings (SSSR count). The normalized spacial score (nSPS) is 14.2. The molecule has 0 saturated heterocycles. The summed E-state index contributed by atoms with van der Waals surface area (Å²) in [5, 5.41) is 3.25. The van der Waals surface area contributed by atoms with Crippen LogP contribution in [-0.4, -0.2) is 26.0 Å². The molecule has 0 aliphatic rings. The third-order valence-electron chi connectivity index (χ3n) is 3.46. The number of sulfonamides is 1. The van der Waals surface area contributed by atoms with Gasteiger partial charge in [0.05, 0.1) is 4.90 Å². The zero-order chi connectivity index (χ0) is 15.3. The summed E-state index contributed by atoms with van der Waals surface area (Å²) in [7, 11) is -3.42. The van der Waals surface area contributed by atoms with E-state index in [4.69, 9.17) is 0 Å². The highest BCUT2D eigenvalue weighted by atomic mass is 32.2. The number of hydrogen-bond acceptors (Lipinski definition) is 3. The number of rotatable bonds is 8. The molecular formula is C14H27N3O2S. The first-order valence-electron chi connectivity index (χ1n) is 7.12. The fraction of sp³-hybridized carbons (Fsp3) is 0.714. The van der Waals surface area contributed by atoms with Crippen molar-refractivity contribution >= 4 is 10.0 Å². The minimum absolute atomic E-state index is 0.300. The van der Waals surface area contributed by atoms with Crippen molar-refractivity contribution in [2.24, 2.45) is 11.8 Å². The molecule has 0 aromatic carbocycles. The van der Waals surface area contributed by atoms with Crippen LogP contribution < -0.4 is 10.0 Å². The van der Waals surface area contributed by atoms with E-state index in [1.807, 2.05) is 6.92 Å². The Bertz CT molecular complexity index is 506. The van der Waals surface area contributed by atoms with E-state index in [1.54, 1.807) is 12.3 Å². The average Bonchev–Trinajstić information content (AvgIpc) is 2.82. The number of H-pyrrole nitrogens is 1. The van der Waals surface area contributed by atoms with Crippen molar-refractivity contribution in [3.8, 4) is 0 Å². The van der Waals surface area contributed by atoms with Crippen LogP contribution in [0.2, 0.25) is 0 Å². The first-order valence-corrected chi connectivity index (χ1v) is 8.61. The quantitative estimate of drug-likeness (QED) is 0.688. The summed E-state index contributed by atoms with van der Waals surface area (Å²) in [6.07, 6.45) is 1.54. The summed E-state index contributed by atoms with van der Waals surface area (Å²) in [5.41, 5.74) is 0.871. The van der Waals surface area contributed by atoms with Gasteiger partial charge in [-0.3, -0.25) is 0 Å². The van der Waals surface area contributed by atoms with Crippen LogP contribution >= 0.6 is 0 Å². The van der Waals surface area contributed by atoms with E-state index in [1.165, 1.54) is 0 Å². The second kappa shape index (κ2) is 7.24. The molecule has 0 radical (unpaired) electrons. The predicted octanol–water partition coefficient (Wildman–Crippen LogP) is 2.08. The van der Waals surface area contributed by atoms with Crippen LogP contribution in [0.1, 0.15) is 40.3 Å². The molecule has 1 atom stereocenters. The molecular weight excluding hydrogens is 274 g/mol. The molecule has 0 spiro atoms. The topological polar surface area (TPSA) is 74.0 Å². The molecule has 0 fully saturated rings. The molecule has 116 valence electrons. The van der Waals surface area contributed by atoms with Gasteiger partial charge in [-0.05, 0) is 17.9 Å². The van der Waals surface area contributed by atoms with Crippen molar-refractivity contribution in [1.82, 2.24) is 15.0 Å². The Morgan fingerprint density at radius 1 is 1.20 bits per heavy atom. The molecule has 0 bridgehead atoms. The molecule has 1 aromatic heterocycles. The lowest BCUT2D eigenvalue weighted by atomic mass is 9.99. The molecule has 0 amide bonds. The van der Waals surface area contributed by atoms with Crippen LogP contribution in [0.15, 0.2) is 17.2 Å². The van der Waals surface area contributed by atoms with Crippen molar-refractivity contribution in [2.45, 2.75) is 52.1 Å². The van der Waals surface area contributed by atoms with E-state index in [-0.39, 0.29) is 0 Å². The van der Waals surface area contributed by atoms with E-state index in [0.29, 0.717) is 35.9 Å². The Labute approximate surface area is 122 Å². The lowest BCUT2D eigenvalue weighted by molar-refractivity contribution is 0.414. The molecule has 1 aromatic rings. The predicted molar refractivity (Wildman–Crippen MR) is 82.0 cm³/mol. The molecule has 0 aliphatic heterocycles. The minimum atomic E-state index is -3.42. The Morgan fingerprint density at radius 2 is 1.85 bits per heavy atom. The lowest BCUT2D eigenvalue weighted by Gasteiger charge is -2.15. The van der Waals surface area contributed by atoms with Crippen molar-refractivity contribution in [2.75, 3.05) is 6.54 Å². The highest BCUT2D eigenvalue weighted by Gasteiger charge is 2.18. The van der Waals surface area contributed by atoms with E-state index in [2.05, 4.69) is 42.7 Å². The van der Waals surface area contributed by atoms with Crippen LogP contribution in [0.25, 0.3) is 0 Å². The van der Waals surface area contributed by atoms with Gasteiger partial charge in [-0.1, -0.05) is 34.6 Å². The number of aromatic nitrogens is 1. The van der Waals surface area contributed by atoms with Gasteiger partial charge in [0.25, 0.3) is 0 Å². The maximum atomic E-state index is 12.2. The summed E-state index contributed by atoms with van der Waals surface area (Å²) < 4.78 is 27.0. The Kier molecular flexibility index (Phi) is 6.23. The van der Waals surface area contributed by atoms with E-state index in [9.17, 15) is 8.42 Å². The van der Waals surface area contributed by atoms with Crippen LogP contribution in [-0.2, 0) is 16.6 Å². The lowest BCUT2D eigenvalue weighted by Crippen LogP contribution is -2.30. The van der Waals surface area contributed by atoms with Gasteiger partial charge in [0.1, 0.15) is 0 Å². The van der Waals surface area contributed by atoms with E-state index < -0.39 is 10.0 Å². The Morgan fingerprint density at radius 3 is 2.40 bits per heavy atom. The van der Waals surface area contributed by atoms with Gasteiger partial charge in [0, 0.05) is 31.0 Å². The molecule has 5 nitrogen and oxygen atoms in total. The maximum absolute atomic E-state index is 12.2. The summed E-state index contributed by atoms with van der Waals surface area (Å²) in [4.78, 5) is 3.30. The molecule has 6 heteroatoms. The van der Waals surface area contributed by atoms with Crippen LogP contribution in [0.5, 0.6) is 0 Å². The molecule has 0 saturated carbocycles. The van der Waals surface area contributed by atoms with Gasteiger partial charge in [-0.2, -0.15) is 0 Å². The Hall–Kier alpha value is -0.850. The first-order chi connectivity index (χ1) is 9.22. The fourth-order valence-electron chi connectivity index (χ4n) is 1.55. The van der Waals surface area contributed by atoms with Crippen molar-refractivity contribution in [3.63, 3.8) is 0 Å². The summed E-state index contributed by atoms with van der Waals surface area (Å²) >= 11 is 0. The summed E-state index contributed by atoms with van der Waals surface area (Å²) in [6.45, 7) is 11.4. The number of aromatic amines is 1. The first kappa shape index (κ1) is 17.2. The highest BCUT2D eigenvalue weighted by Crippen LogP contribution is 2.13. The van der Waals surface area contributed by atoms with Crippen LogP contribution in [0.3, 0.4) is 0 Å². The molecule has 3 N–H and O–H groups in total. The molecule has 1 heterocycles. The number of hydrogen-bond donors (Lipinski definition) is 3. The minimum Gasteiger partial charge on any atom is -0.363 e. The smallest absolute Gasteiger partial charge is 0.242 e. The van der Waals surface area contributed by atoms with Gasteiger partial charge in [-0.15, -0.1) is 0 Å². The van der Waals surface area contributed by atoms with Crippen molar-refractivity contribution in [1.29, 1.82) is 0 Å². The highest BCUT2D eigenvalue weighted by molar-refractivity contribution is 7.89. The average molecular weight is 301 g/mol. The maximum Gasteiger partial charge on any atom is 0.242 e. The molecule has 20 heavy (non-hydrogen) atoms. The standard InChI is InChI=1S/C14H27N3O2S/c1-10(2)12(5)7-17-20(18,19)14-6-13(16-9-14)8-15-11(3)4/h6,9-12,15-17H,7-8H2,1-5H3. The fourth-order valence-corrected chi connectivity index (χ4v) is 2.71. The van der Waals surface area contributed by atoms with Gasteiger partial charge in [0.2, 0.25) is 10.0 Å². The van der Waals surface area contributed by atoms with Crippen molar-refractivity contribution < 1.29 is 8.42 Å². The van der Waals surface area contributed by atoms with Crippen molar-refractivity contribution in [3.05, 3.63) is 18.0 Å². The third-order valence-corrected chi connectivity index (χ3v) is 4.86. The second-order valence-corrected chi connectivity index (χ2v) is 7.74. The van der Waals surface area contributed by atoms with E-state index in [0.717, 1.165) is 5.69 Å². The van der Waals surface area contributed by atoms with Gasteiger partial charge in [0.15, 0.2) is 0 Å². The summed E-state index contributed by atoms with van der Waals surface area (Å²) in [5.74, 6) is 0.764. The second-order valence-electron chi connectivity index (χ2n) is 5.97. The monoisotopic (exact) mass is 301 g/mol. The largest absolute Gasteiger partial charge is 0.363 e. The van der Waals surface area contributed by atoms with Gasteiger partial charge < -0.3 is 10.3 Å². The van der Waals surface area contributed by atoms with Gasteiger partial charge >= 0.3 is 0 Å². The zero-order valence-corrected chi connectivity index (χ0v) is 13.8. The molecule has 1 unspecified atom stereocenters. The van der Waals surface area contributed by atoms with Gasteiger partial charge in [-0.25, -0.2) is 13.1 Å². The van der Waals surface area contributed by atoms with E-state index >= 15 is 0 Å². The third kappa shape index (κ3) is 5.26. The van der Waals surface area contributed by atoms with Crippen LogP contribution in [0, 0.1) is 11.8 Å². The van der Waals surface area contributed by atoms with Crippen LogP contribution in [0.4, 0.5) is 0 Å². The number of nitrogens with one attached hydrogen (secondary N) is 3. The summed E-state index contributed by atoms with van der Waals surface area (Å²) in [6, 6.07) is 2.04. The Balaban J connectivity index is 2.64. The molecule has 0 aliphatic carbocycles. The zero-order valence-electron chi connectivity index (χ0n) is 13.0.